The van der Waals surface area contributed by atoms with E-state index in [0.29, 0.717) is 39.1 Å². The first kappa shape index (κ1) is 23.2. The van der Waals surface area contributed by atoms with Crippen LogP contribution in [0.15, 0.2) is 69.9 Å². The molecule has 4 rings (SSSR count). The number of hydrogen-bond acceptors (Lipinski definition) is 4. The van der Waals surface area contributed by atoms with Crippen LogP contribution in [0, 0.1) is 13.8 Å². The number of rotatable bonds is 6. The minimum absolute atomic E-state index is 0.154. The normalized spacial score (nSPS) is 13.0. The molecule has 0 bridgehead atoms. The average molecular weight is 460 g/mol. The Hall–Kier alpha value is -3.93. The fraction of sp³-hybridized carbons (Fsp3) is 0.214. The monoisotopic (exact) mass is 459 g/mol. The Morgan fingerprint density at radius 3 is 2.47 bits per heavy atom. The van der Waals surface area contributed by atoms with Crippen LogP contribution in [0.2, 0.25) is 0 Å². The summed E-state index contributed by atoms with van der Waals surface area (Å²) in [6, 6.07) is 16.9. The molecule has 0 radical (unpaired) electrons. The summed E-state index contributed by atoms with van der Waals surface area (Å²) in [5, 5.41) is 13.2. The molecule has 4 aromatic rings. The molecule has 0 aliphatic rings. The Balaban J connectivity index is 1.89. The van der Waals surface area contributed by atoms with Gasteiger partial charge < -0.3 is 14.8 Å². The number of nitrogens with one attached hydrogen (secondary N) is 1. The first-order chi connectivity index (χ1) is 16.2. The van der Waals surface area contributed by atoms with Crippen molar-refractivity contribution in [3.63, 3.8) is 0 Å². The number of fused-ring (bicyclic) bond motifs is 1. The number of para-hydroxylation sites is 1. The SMILES string of the molecule is Cc1cc(C(C)Nc2ccccc2C(=O)O)c2oc(-c3cccc(C(C)F)c3)c(C)c(=O)c2c1. The standard InChI is InChI=1S/C28H26FNO4/c1-15-12-22(18(4)30-24-11-6-5-10-21(24)28(32)33)27-23(13-15)25(31)16(2)26(34-27)20-9-7-8-19(14-20)17(3)29/h5-14,17-18,30H,1-4H3,(H,32,33). The quantitative estimate of drug-likeness (QED) is 0.325. The lowest BCUT2D eigenvalue weighted by Crippen LogP contribution is -2.14. The molecule has 0 saturated heterocycles. The van der Waals surface area contributed by atoms with Crippen LogP contribution in [-0.2, 0) is 0 Å². The Kier molecular flexibility index (Phi) is 6.24. The van der Waals surface area contributed by atoms with Crippen LogP contribution in [0.4, 0.5) is 10.1 Å². The number of carbonyl (C=O) groups is 1. The van der Waals surface area contributed by atoms with Crippen LogP contribution in [0.25, 0.3) is 22.3 Å². The molecule has 1 heterocycles. The number of anilines is 1. The zero-order valence-corrected chi connectivity index (χ0v) is 19.5. The third-order valence-electron chi connectivity index (χ3n) is 6.00. The van der Waals surface area contributed by atoms with Crippen LogP contribution >= 0.6 is 0 Å². The maximum Gasteiger partial charge on any atom is 0.337 e. The zero-order chi connectivity index (χ0) is 24.6. The minimum Gasteiger partial charge on any atom is -0.478 e. The number of carboxylic acid groups (broad SMARTS) is 1. The molecule has 1 aromatic heterocycles. The third kappa shape index (κ3) is 4.31. The molecule has 0 amide bonds. The number of aryl methyl sites for hydroxylation is 1. The van der Waals surface area contributed by atoms with Crippen molar-refractivity contribution in [1.82, 2.24) is 0 Å². The van der Waals surface area contributed by atoms with Gasteiger partial charge in [-0.05, 0) is 63.1 Å². The van der Waals surface area contributed by atoms with Crippen molar-refractivity contribution in [3.8, 4) is 11.3 Å². The lowest BCUT2D eigenvalue weighted by atomic mass is 9.98. The van der Waals surface area contributed by atoms with Gasteiger partial charge in [0, 0.05) is 22.4 Å². The lowest BCUT2D eigenvalue weighted by Gasteiger charge is -2.20. The highest BCUT2D eigenvalue weighted by Crippen LogP contribution is 2.33. The van der Waals surface area contributed by atoms with E-state index in [1.54, 1.807) is 55.5 Å². The van der Waals surface area contributed by atoms with Crippen molar-refractivity contribution in [2.75, 3.05) is 5.32 Å². The summed E-state index contributed by atoms with van der Waals surface area (Å²) in [5.41, 5.74) is 4.08. The van der Waals surface area contributed by atoms with Crippen molar-refractivity contribution >= 4 is 22.6 Å². The van der Waals surface area contributed by atoms with Crippen LogP contribution in [0.5, 0.6) is 0 Å². The summed E-state index contributed by atoms with van der Waals surface area (Å²) in [7, 11) is 0. The van der Waals surface area contributed by atoms with E-state index in [2.05, 4.69) is 5.32 Å². The largest absolute Gasteiger partial charge is 0.478 e. The van der Waals surface area contributed by atoms with Crippen molar-refractivity contribution in [2.24, 2.45) is 0 Å². The Bertz CT molecular complexity index is 1460. The number of alkyl halides is 1. The second kappa shape index (κ2) is 9.14. The molecule has 174 valence electrons. The van der Waals surface area contributed by atoms with Crippen molar-refractivity contribution in [2.45, 2.75) is 39.9 Å². The summed E-state index contributed by atoms with van der Waals surface area (Å²) in [4.78, 5) is 25.0. The summed E-state index contributed by atoms with van der Waals surface area (Å²) in [5.74, 6) is -0.640. The smallest absolute Gasteiger partial charge is 0.337 e. The predicted octanol–water partition coefficient (Wildman–Crippen LogP) is 6.98. The average Bonchev–Trinajstić information content (AvgIpc) is 2.81. The minimum atomic E-state index is -1.15. The maximum atomic E-state index is 13.9. The summed E-state index contributed by atoms with van der Waals surface area (Å²) < 4.78 is 20.3. The van der Waals surface area contributed by atoms with Crippen LogP contribution in [0.1, 0.15) is 58.7 Å². The Morgan fingerprint density at radius 2 is 1.76 bits per heavy atom. The van der Waals surface area contributed by atoms with Crippen LogP contribution in [0.3, 0.4) is 0 Å². The van der Waals surface area contributed by atoms with E-state index in [-0.39, 0.29) is 17.0 Å². The molecule has 3 aromatic carbocycles. The Labute approximate surface area is 196 Å². The van der Waals surface area contributed by atoms with Gasteiger partial charge in [-0.1, -0.05) is 36.4 Å². The van der Waals surface area contributed by atoms with E-state index in [9.17, 15) is 19.1 Å². The number of halogens is 1. The zero-order valence-electron chi connectivity index (χ0n) is 19.5. The van der Waals surface area contributed by atoms with E-state index >= 15 is 0 Å². The van der Waals surface area contributed by atoms with Gasteiger partial charge in [-0.3, -0.25) is 4.79 Å². The van der Waals surface area contributed by atoms with Gasteiger partial charge in [-0.25, -0.2) is 9.18 Å². The molecule has 6 heteroatoms. The first-order valence-electron chi connectivity index (χ1n) is 11.1. The van der Waals surface area contributed by atoms with Crippen molar-refractivity contribution in [3.05, 3.63) is 98.7 Å². The molecular formula is C28H26FNO4. The number of hydrogen-bond donors (Lipinski definition) is 2. The van der Waals surface area contributed by atoms with Crippen LogP contribution < -0.4 is 10.7 Å². The number of benzene rings is 3. The van der Waals surface area contributed by atoms with Gasteiger partial charge in [0.05, 0.1) is 17.0 Å². The molecule has 0 saturated carbocycles. The van der Waals surface area contributed by atoms with Gasteiger partial charge in [-0.15, -0.1) is 0 Å². The molecule has 2 atom stereocenters. The lowest BCUT2D eigenvalue weighted by molar-refractivity contribution is 0.0698. The summed E-state index contributed by atoms with van der Waals surface area (Å²) >= 11 is 0. The molecule has 0 fully saturated rings. The topological polar surface area (TPSA) is 79.5 Å². The second-order valence-electron chi connectivity index (χ2n) is 8.57. The summed E-state index contributed by atoms with van der Waals surface area (Å²) in [6.45, 7) is 6.96. The molecular weight excluding hydrogens is 433 g/mol. The van der Waals surface area contributed by atoms with Crippen molar-refractivity contribution in [1.29, 1.82) is 0 Å². The Morgan fingerprint density at radius 1 is 1.03 bits per heavy atom. The highest BCUT2D eigenvalue weighted by atomic mass is 19.1. The second-order valence-corrected chi connectivity index (χ2v) is 8.57. The van der Waals surface area contributed by atoms with Gasteiger partial charge in [0.2, 0.25) is 0 Å². The molecule has 5 nitrogen and oxygen atoms in total. The van der Waals surface area contributed by atoms with E-state index in [1.807, 2.05) is 19.9 Å². The van der Waals surface area contributed by atoms with E-state index < -0.39 is 12.1 Å². The molecule has 2 N–H and O–H groups in total. The first-order valence-corrected chi connectivity index (χ1v) is 11.1. The van der Waals surface area contributed by atoms with E-state index in [1.165, 1.54) is 13.0 Å². The van der Waals surface area contributed by atoms with Gasteiger partial charge in [0.25, 0.3) is 0 Å². The number of aromatic carboxylic acids is 1. The molecule has 0 aliphatic heterocycles. The van der Waals surface area contributed by atoms with Crippen molar-refractivity contribution < 1.29 is 18.7 Å². The molecule has 0 aliphatic carbocycles. The summed E-state index contributed by atoms with van der Waals surface area (Å²) in [6.07, 6.45) is -1.15. The molecule has 2 unspecified atom stereocenters. The van der Waals surface area contributed by atoms with Gasteiger partial charge in [0.1, 0.15) is 17.5 Å². The van der Waals surface area contributed by atoms with E-state index in [4.69, 9.17) is 4.42 Å². The molecule has 0 spiro atoms. The van der Waals surface area contributed by atoms with Gasteiger partial charge in [0.15, 0.2) is 5.43 Å². The highest BCUT2D eigenvalue weighted by molar-refractivity contribution is 5.94. The van der Waals surface area contributed by atoms with Crippen LogP contribution in [-0.4, -0.2) is 11.1 Å². The van der Waals surface area contributed by atoms with Gasteiger partial charge in [-0.2, -0.15) is 0 Å². The molecule has 34 heavy (non-hydrogen) atoms. The highest BCUT2D eigenvalue weighted by Gasteiger charge is 2.20. The fourth-order valence-corrected chi connectivity index (χ4v) is 4.20. The number of carboxylic acids is 1. The fourth-order valence-electron chi connectivity index (χ4n) is 4.20. The third-order valence-corrected chi connectivity index (χ3v) is 6.00. The van der Waals surface area contributed by atoms with Gasteiger partial charge >= 0.3 is 5.97 Å². The maximum absolute atomic E-state index is 13.9. The predicted molar refractivity (Wildman–Crippen MR) is 132 cm³/mol. The van der Waals surface area contributed by atoms with E-state index in [0.717, 1.165) is 11.1 Å².